The molecule has 1 aromatic carbocycles. The molecule has 1 aliphatic carbocycles. The second-order valence-corrected chi connectivity index (χ2v) is 4.66. The number of aliphatic imine (C=N–C) groups is 1. The van der Waals surface area contributed by atoms with E-state index in [9.17, 15) is 4.79 Å². The number of carbonyl (C=O) groups is 1. The lowest BCUT2D eigenvalue weighted by Crippen LogP contribution is -2.29. The second kappa shape index (κ2) is 6.79. The van der Waals surface area contributed by atoms with Gasteiger partial charge >= 0.3 is 0 Å². The van der Waals surface area contributed by atoms with Gasteiger partial charge in [-0.3, -0.25) is 9.79 Å². The Morgan fingerprint density at radius 1 is 1.45 bits per heavy atom. The van der Waals surface area contributed by atoms with Gasteiger partial charge in [0, 0.05) is 12.5 Å². The van der Waals surface area contributed by atoms with Gasteiger partial charge < -0.3 is 21.1 Å². The molecule has 0 spiro atoms. The molecule has 20 heavy (non-hydrogen) atoms. The fourth-order valence-electron chi connectivity index (χ4n) is 1.77. The lowest BCUT2D eigenvalue weighted by Gasteiger charge is -2.10. The number of rotatable bonds is 6. The highest BCUT2D eigenvalue weighted by Crippen LogP contribution is 2.28. The van der Waals surface area contributed by atoms with Gasteiger partial charge in [-0.2, -0.15) is 0 Å². The molecule has 0 radical (unpaired) electrons. The summed E-state index contributed by atoms with van der Waals surface area (Å²) in [5, 5.41) is 5.81. The molecule has 0 bridgehead atoms. The smallest absolute Gasteiger partial charge is 0.223 e. The molecule has 0 aromatic heterocycles. The largest absolute Gasteiger partial charge is 0.495 e. The van der Waals surface area contributed by atoms with Crippen molar-refractivity contribution >= 4 is 17.6 Å². The van der Waals surface area contributed by atoms with Gasteiger partial charge in [-0.1, -0.05) is 12.1 Å². The first-order chi connectivity index (χ1) is 9.70. The van der Waals surface area contributed by atoms with Crippen molar-refractivity contribution in [3.63, 3.8) is 0 Å². The van der Waals surface area contributed by atoms with Crippen LogP contribution in [-0.2, 0) is 4.79 Å². The molecule has 1 amide bonds. The van der Waals surface area contributed by atoms with E-state index >= 15 is 0 Å². The van der Waals surface area contributed by atoms with Crippen LogP contribution < -0.4 is 21.1 Å². The number of methoxy groups -OCH3 is 1. The first-order valence-electron chi connectivity index (χ1n) is 6.68. The van der Waals surface area contributed by atoms with Crippen LogP contribution in [0, 0.1) is 5.92 Å². The molecule has 0 heterocycles. The predicted molar refractivity (Wildman–Crippen MR) is 78.8 cm³/mol. The van der Waals surface area contributed by atoms with Crippen LogP contribution in [0.3, 0.4) is 0 Å². The molecule has 2 rings (SSSR count). The zero-order chi connectivity index (χ0) is 14.4. The minimum absolute atomic E-state index is 0.122. The van der Waals surface area contributed by atoms with E-state index in [1.54, 1.807) is 7.11 Å². The highest BCUT2D eigenvalue weighted by molar-refractivity contribution is 5.93. The zero-order valence-corrected chi connectivity index (χ0v) is 11.6. The summed E-state index contributed by atoms with van der Waals surface area (Å²) in [4.78, 5) is 15.6. The Morgan fingerprint density at radius 3 is 2.90 bits per heavy atom. The van der Waals surface area contributed by atoms with Crippen LogP contribution >= 0.6 is 0 Å². The third kappa shape index (κ3) is 4.15. The van der Waals surface area contributed by atoms with Gasteiger partial charge in [-0.05, 0) is 25.0 Å². The predicted octanol–water partition coefficient (Wildman–Crippen LogP) is 0.948. The van der Waals surface area contributed by atoms with Crippen molar-refractivity contribution in [2.45, 2.75) is 12.8 Å². The molecule has 1 fully saturated rings. The summed E-state index contributed by atoms with van der Waals surface area (Å²) in [6.45, 7) is 0.954. The van der Waals surface area contributed by atoms with Crippen LogP contribution in [-0.4, -0.2) is 32.1 Å². The minimum atomic E-state index is 0.122. The van der Waals surface area contributed by atoms with Crippen molar-refractivity contribution in [1.82, 2.24) is 5.32 Å². The third-order valence-corrected chi connectivity index (χ3v) is 3.01. The summed E-state index contributed by atoms with van der Waals surface area (Å²) in [5.41, 5.74) is 6.55. The van der Waals surface area contributed by atoms with Gasteiger partial charge in [0.1, 0.15) is 5.75 Å². The Morgan fingerprint density at radius 2 is 2.20 bits per heavy atom. The molecular weight excluding hydrogens is 256 g/mol. The van der Waals surface area contributed by atoms with Crippen molar-refractivity contribution in [1.29, 1.82) is 0 Å². The van der Waals surface area contributed by atoms with Crippen LogP contribution in [0.4, 0.5) is 5.69 Å². The molecule has 0 saturated heterocycles. The number of hydrogen-bond acceptors (Lipinski definition) is 3. The average molecular weight is 276 g/mol. The summed E-state index contributed by atoms with van der Waals surface area (Å²) in [5.74, 6) is 1.35. The molecule has 6 heteroatoms. The van der Waals surface area contributed by atoms with Crippen molar-refractivity contribution in [3.8, 4) is 5.75 Å². The van der Waals surface area contributed by atoms with Crippen LogP contribution in [0.5, 0.6) is 5.75 Å². The first kappa shape index (κ1) is 14.2. The third-order valence-electron chi connectivity index (χ3n) is 3.01. The number of para-hydroxylation sites is 2. The quantitative estimate of drug-likeness (QED) is 0.410. The normalized spacial score (nSPS) is 14.8. The van der Waals surface area contributed by atoms with Gasteiger partial charge in [0.05, 0.1) is 19.3 Å². The molecule has 1 aromatic rings. The Bertz CT molecular complexity index is 498. The number of hydrogen-bond donors (Lipinski definition) is 3. The summed E-state index contributed by atoms with van der Waals surface area (Å²) in [6.07, 6.45) is 2.01. The summed E-state index contributed by atoms with van der Waals surface area (Å²) >= 11 is 0. The van der Waals surface area contributed by atoms with Gasteiger partial charge in [-0.15, -0.1) is 0 Å². The van der Waals surface area contributed by atoms with Crippen molar-refractivity contribution in [2.75, 3.05) is 25.5 Å². The first-order valence-corrected chi connectivity index (χ1v) is 6.68. The minimum Gasteiger partial charge on any atom is -0.495 e. The molecule has 4 N–H and O–H groups in total. The van der Waals surface area contributed by atoms with E-state index in [-0.39, 0.29) is 11.8 Å². The highest BCUT2D eigenvalue weighted by Gasteiger charge is 2.28. The Labute approximate surface area is 118 Å². The SMILES string of the molecule is COc1ccccc1NC(N)=NCCNC(=O)C1CC1. The van der Waals surface area contributed by atoms with E-state index in [0.717, 1.165) is 18.5 Å². The maximum absolute atomic E-state index is 11.4. The summed E-state index contributed by atoms with van der Waals surface area (Å²) < 4.78 is 5.21. The van der Waals surface area contributed by atoms with Gasteiger partial charge in [0.15, 0.2) is 5.96 Å². The molecule has 0 atom stereocenters. The van der Waals surface area contributed by atoms with Crippen molar-refractivity contribution in [2.24, 2.45) is 16.6 Å². The second-order valence-electron chi connectivity index (χ2n) is 4.66. The number of nitrogens with one attached hydrogen (secondary N) is 2. The fourth-order valence-corrected chi connectivity index (χ4v) is 1.77. The molecule has 108 valence electrons. The monoisotopic (exact) mass is 276 g/mol. The van der Waals surface area contributed by atoms with E-state index in [1.165, 1.54) is 0 Å². The Kier molecular flexibility index (Phi) is 4.81. The molecular formula is C14H20N4O2. The zero-order valence-electron chi connectivity index (χ0n) is 11.6. The molecule has 1 saturated carbocycles. The number of nitrogens with two attached hydrogens (primary N) is 1. The van der Waals surface area contributed by atoms with Crippen LogP contribution in [0.2, 0.25) is 0 Å². The van der Waals surface area contributed by atoms with Gasteiger partial charge in [0.2, 0.25) is 5.91 Å². The van der Waals surface area contributed by atoms with Gasteiger partial charge in [-0.25, -0.2) is 0 Å². The summed E-state index contributed by atoms with van der Waals surface area (Å²) in [6, 6.07) is 7.46. The number of carbonyl (C=O) groups excluding carboxylic acids is 1. The van der Waals surface area contributed by atoms with E-state index in [1.807, 2.05) is 24.3 Å². The lowest BCUT2D eigenvalue weighted by atomic mass is 10.3. The number of benzene rings is 1. The fraction of sp³-hybridized carbons (Fsp3) is 0.429. The molecule has 6 nitrogen and oxygen atoms in total. The number of amides is 1. The lowest BCUT2D eigenvalue weighted by molar-refractivity contribution is -0.122. The Balaban J connectivity index is 1.76. The van der Waals surface area contributed by atoms with Gasteiger partial charge in [0.25, 0.3) is 0 Å². The molecule has 0 unspecified atom stereocenters. The average Bonchev–Trinajstić information content (AvgIpc) is 3.28. The van der Waals surface area contributed by atoms with Crippen LogP contribution in [0.25, 0.3) is 0 Å². The van der Waals surface area contributed by atoms with E-state index in [0.29, 0.717) is 24.8 Å². The molecule has 0 aliphatic heterocycles. The summed E-state index contributed by atoms with van der Waals surface area (Å²) in [7, 11) is 1.60. The highest BCUT2D eigenvalue weighted by atomic mass is 16.5. The van der Waals surface area contributed by atoms with E-state index in [4.69, 9.17) is 10.5 Å². The van der Waals surface area contributed by atoms with E-state index < -0.39 is 0 Å². The number of guanidine groups is 1. The van der Waals surface area contributed by atoms with Crippen LogP contribution in [0.1, 0.15) is 12.8 Å². The Hall–Kier alpha value is -2.24. The number of nitrogens with zero attached hydrogens (tertiary/aromatic N) is 1. The maximum Gasteiger partial charge on any atom is 0.223 e. The van der Waals surface area contributed by atoms with Crippen molar-refractivity contribution in [3.05, 3.63) is 24.3 Å². The standard InChI is InChI=1S/C14H20N4O2/c1-20-12-5-3-2-4-11(12)18-14(15)17-9-8-16-13(19)10-6-7-10/h2-5,10H,6-9H2,1H3,(H,16,19)(H3,15,17,18). The van der Waals surface area contributed by atoms with Crippen LogP contribution in [0.15, 0.2) is 29.3 Å². The van der Waals surface area contributed by atoms with E-state index in [2.05, 4.69) is 15.6 Å². The topological polar surface area (TPSA) is 88.7 Å². The van der Waals surface area contributed by atoms with Crippen molar-refractivity contribution < 1.29 is 9.53 Å². The number of ether oxygens (including phenoxy) is 1. The maximum atomic E-state index is 11.4. The number of anilines is 1. The molecule has 1 aliphatic rings.